The topological polar surface area (TPSA) is 61.8 Å². The molecule has 0 aromatic heterocycles. The lowest BCUT2D eigenvalue weighted by atomic mass is 10.2. The van der Waals surface area contributed by atoms with Gasteiger partial charge < -0.3 is 15.2 Å². The molecule has 20 heavy (non-hydrogen) atoms. The number of aliphatic hydroxyl groups excluding tert-OH is 1. The van der Waals surface area contributed by atoms with Gasteiger partial charge in [-0.1, -0.05) is 23.7 Å². The van der Waals surface area contributed by atoms with E-state index in [4.69, 9.17) is 16.3 Å². The Bertz CT molecular complexity index is 450. The normalized spacial score (nSPS) is 17.7. The molecule has 2 N–H and O–H groups in total. The summed E-state index contributed by atoms with van der Waals surface area (Å²) in [4.78, 5) is 14.0. The molecule has 1 aliphatic heterocycles. The Morgan fingerprint density at radius 3 is 2.80 bits per heavy atom. The van der Waals surface area contributed by atoms with Crippen LogP contribution < -0.4 is 5.32 Å². The molecule has 0 bridgehead atoms. The van der Waals surface area contributed by atoms with Gasteiger partial charge in [0.25, 0.3) is 5.91 Å². The minimum atomic E-state index is -0.598. The first-order chi connectivity index (χ1) is 9.66. The van der Waals surface area contributed by atoms with Crippen molar-refractivity contribution in [3.05, 3.63) is 34.9 Å². The van der Waals surface area contributed by atoms with Crippen LogP contribution in [0.15, 0.2) is 24.3 Å². The van der Waals surface area contributed by atoms with Crippen LogP contribution in [0.5, 0.6) is 0 Å². The second-order valence-electron chi connectivity index (χ2n) is 4.76. The van der Waals surface area contributed by atoms with Crippen molar-refractivity contribution in [3.63, 3.8) is 0 Å². The highest BCUT2D eigenvalue weighted by atomic mass is 35.5. The van der Waals surface area contributed by atoms with Crippen LogP contribution in [0, 0.1) is 0 Å². The molecule has 1 unspecified atom stereocenters. The maximum Gasteiger partial charge on any atom is 0.252 e. The lowest BCUT2D eigenvalue weighted by Gasteiger charge is -2.28. The monoisotopic (exact) mass is 298 g/mol. The van der Waals surface area contributed by atoms with Gasteiger partial charge in [0.05, 0.1) is 29.9 Å². The molecule has 0 aliphatic carbocycles. The molecule has 1 aromatic carbocycles. The summed E-state index contributed by atoms with van der Waals surface area (Å²) in [5, 5.41) is 13.0. The molecule has 1 amide bonds. The van der Waals surface area contributed by atoms with Crippen LogP contribution in [0.25, 0.3) is 0 Å². The fourth-order valence-electron chi connectivity index (χ4n) is 2.10. The average Bonchev–Trinajstić information content (AvgIpc) is 2.46. The molecule has 0 saturated carbocycles. The third-order valence-corrected chi connectivity index (χ3v) is 3.52. The Hall–Kier alpha value is -1.14. The van der Waals surface area contributed by atoms with Crippen LogP contribution in [-0.4, -0.2) is 61.4 Å². The summed E-state index contributed by atoms with van der Waals surface area (Å²) in [5.41, 5.74) is 0.424. The molecular formula is C14H19ClN2O3. The van der Waals surface area contributed by atoms with E-state index in [2.05, 4.69) is 10.2 Å². The van der Waals surface area contributed by atoms with Crippen LogP contribution in [0.3, 0.4) is 0 Å². The molecular weight excluding hydrogens is 280 g/mol. The van der Waals surface area contributed by atoms with Crippen molar-refractivity contribution in [1.29, 1.82) is 0 Å². The molecule has 0 spiro atoms. The molecule has 0 radical (unpaired) electrons. The first-order valence-electron chi connectivity index (χ1n) is 6.67. The number of amides is 1. The van der Waals surface area contributed by atoms with Crippen LogP contribution in [0.2, 0.25) is 5.02 Å². The highest BCUT2D eigenvalue weighted by Gasteiger charge is 2.16. The minimum absolute atomic E-state index is 0.210. The van der Waals surface area contributed by atoms with Crippen LogP contribution in [-0.2, 0) is 4.74 Å². The predicted octanol–water partition coefficient (Wildman–Crippen LogP) is 0.763. The lowest BCUT2D eigenvalue weighted by molar-refractivity contribution is 0.0149. The first-order valence-corrected chi connectivity index (χ1v) is 7.05. The molecule has 1 fully saturated rings. The number of carbonyl (C=O) groups excluding carboxylic acids is 1. The molecule has 1 aliphatic rings. The zero-order chi connectivity index (χ0) is 14.4. The van der Waals surface area contributed by atoms with E-state index in [0.717, 1.165) is 13.1 Å². The van der Waals surface area contributed by atoms with E-state index in [-0.39, 0.29) is 12.5 Å². The van der Waals surface area contributed by atoms with E-state index in [9.17, 15) is 9.90 Å². The number of nitrogens with zero attached hydrogens (tertiary/aromatic N) is 1. The second kappa shape index (κ2) is 7.59. The predicted molar refractivity (Wildman–Crippen MR) is 77.1 cm³/mol. The number of aliphatic hydroxyl groups is 1. The highest BCUT2D eigenvalue weighted by molar-refractivity contribution is 6.33. The van der Waals surface area contributed by atoms with Crippen molar-refractivity contribution < 1.29 is 14.6 Å². The molecule has 1 atom stereocenters. The summed E-state index contributed by atoms with van der Waals surface area (Å²) in [6, 6.07) is 6.85. The van der Waals surface area contributed by atoms with Crippen LogP contribution in [0.1, 0.15) is 10.4 Å². The Kier molecular flexibility index (Phi) is 5.79. The van der Waals surface area contributed by atoms with E-state index in [1.807, 2.05) is 0 Å². The van der Waals surface area contributed by atoms with Gasteiger partial charge in [0.15, 0.2) is 0 Å². The Morgan fingerprint density at radius 2 is 2.10 bits per heavy atom. The number of halogens is 1. The Labute approximate surface area is 123 Å². The van der Waals surface area contributed by atoms with Gasteiger partial charge in [-0.05, 0) is 12.1 Å². The van der Waals surface area contributed by atoms with E-state index in [1.54, 1.807) is 24.3 Å². The van der Waals surface area contributed by atoms with Crippen molar-refractivity contribution in [2.45, 2.75) is 6.10 Å². The van der Waals surface area contributed by atoms with Gasteiger partial charge in [0.1, 0.15) is 0 Å². The molecule has 5 nitrogen and oxygen atoms in total. The van der Waals surface area contributed by atoms with Gasteiger partial charge in [-0.15, -0.1) is 0 Å². The van der Waals surface area contributed by atoms with E-state index in [0.29, 0.717) is 30.3 Å². The fraction of sp³-hybridized carbons (Fsp3) is 0.500. The standard InChI is InChI=1S/C14H19ClN2O3/c15-13-4-2-1-3-12(13)14(19)16-9-11(18)10-17-5-7-20-8-6-17/h1-4,11,18H,5-10H2,(H,16,19). The number of benzene rings is 1. The summed E-state index contributed by atoms with van der Waals surface area (Å²) in [7, 11) is 0. The number of carbonyl (C=O) groups is 1. The number of rotatable bonds is 5. The van der Waals surface area contributed by atoms with Crippen LogP contribution in [0.4, 0.5) is 0 Å². The Morgan fingerprint density at radius 1 is 1.40 bits per heavy atom. The maximum absolute atomic E-state index is 11.9. The largest absolute Gasteiger partial charge is 0.390 e. The zero-order valence-electron chi connectivity index (χ0n) is 11.2. The zero-order valence-corrected chi connectivity index (χ0v) is 12.0. The quantitative estimate of drug-likeness (QED) is 0.843. The SMILES string of the molecule is O=C(NCC(O)CN1CCOCC1)c1ccccc1Cl. The summed E-state index contributed by atoms with van der Waals surface area (Å²) < 4.78 is 5.24. The lowest BCUT2D eigenvalue weighted by Crippen LogP contribution is -2.44. The molecule has 2 rings (SSSR count). The second-order valence-corrected chi connectivity index (χ2v) is 5.16. The average molecular weight is 299 g/mol. The third kappa shape index (κ3) is 4.45. The van der Waals surface area contributed by atoms with Crippen LogP contribution >= 0.6 is 11.6 Å². The van der Waals surface area contributed by atoms with E-state index < -0.39 is 6.10 Å². The maximum atomic E-state index is 11.9. The summed E-state index contributed by atoms with van der Waals surface area (Å²) >= 11 is 5.94. The number of ether oxygens (including phenoxy) is 1. The molecule has 6 heteroatoms. The van der Waals surface area contributed by atoms with Gasteiger partial charge in [-0.2, -0.15) is 0 Å². The van der Waals surface area contributed by atoms with Crippen molar-refractivity contribution in [1.82, 2.24) is 10.2 Å². The number of hydrogen-bond donors (Lipinski definition) is 2. The third-order valence-electron chi connectivity index (χ3n) is 3.19. The minimum Gasteiger partial charge on any atom is -0.390 e. The Balaban J connectivity index is 1.76. The summed E-state index contributed by atoms with van der Waals surface area (Å²) in [6.07, 6.45) is -0.598. The van der Waals surface area contributed by atoms with E-state index >= 15 is 0 Å². The van der Waals surface area contributed by atoms with Gasteiger partial charge in [0.2, 0.25) is 0 Å². The number of morpholine rings is 1. The molecule has 1 aromatic rings. The van der Waals surface area contributed by atoms with Crippen molar-refractivity contribution >= 4 is 17.5 Å². The molecule has 1 heterocycles. The van der Waals surface area contributed by atoms with Gasteiger partial charge in [-0.25, -0.2) is 0 Å². The van der Waals surface area contributed by atoms with Gasteiger partial charge in [0, 0.05) is 26.2 Å². The number of hydrogen-bond acceptors (Lipinski definition) is 4. The van der Waals surface area contributed by atoms with Gasteiger partial charge in [-0.3, -0.25) is 9.69 Å². The fourth-order valence-corrected chi connectivity index (χ4v) is 2.32. The first kappa shape index (κ1) is 15.3. The highest BCUT2D eigenvalue weighted by Crippen LogP contribution is 2.14. The summed E-state index contributed by atoms with van der Waals surface area (Å²) in [6.45, 7) is 3.76. The molecule has 110 valence electrons. The van der Waals surface area contributed by atoms with Crippen molar-refractivity contribution in [2.24, 2.45) is 0 Å². The van der Waals surface area contributed by atoms with Crippen molar-refractivity contribution in [3.8, 4) is 0 Å². The van der Waals surface area contributed by atoms with Gasteiger partial charge >= 0.3 is 0 Å². The summed E-state index contributed by atoms with van der Waals surface area (Å²) in [5.74, 6) is -0.267. The van der Waals surface area contributed by atoms with Crippen molar-refractivity contribution in [2.75, 3.05) is 39.4 Å². The molecule has 1 saturated heterocycles. The van der Waals surface area contributed by atoms with E-state index in [1.165, 1.54) is 0 Å². The smallest absolute Gasteiger partial charge is 0.252 e. The number of β-amino-alcohol motifs (C(OH)–C–C–N with tert-alkyl or cyclic N) is 1. The number of nitrogens with one attached hydrogen (secondary N) is 1.